The van der Waals surface area contributed by atoms with Crippen LogP contribution >= 0.6 is 0 Å². The second-order valence-corrected chi connectivity index (χ2v) is 30.3. The number of hydrogen-bond donors (Lipinski definition) is 1. The van der Waals surface area contributed by atoms with E-state index in [-0.39, 0.29) is 58.5 Å². The Hall–Kier alpha value is -3.87. The maximum absolute atomic E-state index is 17.8. The van der Waals surface area contributed by atoms with Gasteiger partial charge in [-0.15, -0.1) is 5.54 Å². The third kappa shape index (κ3) is 7.46. The minimum Gasteiger partial charge on any atom is -0.543 e. The molecule has 2 saturated heterocycles. The molecule has 13 heteroatoms. The summed E-state index contributed by atoms with van der Waals surface area (Å²) in [7, 11) is -4.83. The lowest BCUT2D eigenvalue weighted by atomic mass is 9.95. The van der Waals surface area contributed by atoms with Crippen molar-refractivity contribution in [2.24, 2.45) is 0 Å². The Bertz CT molecular complexity index is 2280. The molecule has 0 bridgehead atoms. The second-order valence-electron chi connectivity index (χ2n) is 19.4. The van der Waals surface area contributed by atoms with Crippen LogP contribution < -0.4 is 19.2 Å². The van der Waals surface area contributed by atoms with E-state index in [9.17, 15) is 4.39 Å². The van der Waals surface area contributed by atoms with Gasteiger partial charge in [0.25, 0.3) is 8.32 Å². The quantitative estimate of drug-likeness (QED) is 0.111. The Kier molecular flexibility index (Phi) is 12.4. The molecule has 1 N–H and O–H groups in total. The van der Waals surface area contributed by atoms with Gasteiger partial charge in [0, 0.05) is 23.9 Å². The van der Waals surface area contributed by atoms with Crippen LogP contribution in [-0.2, 0) is 0 Å². The molecule has 0 aliphatic carbocycles. The summed E-state index contributed by atoms with van der Waals surface area (Å²) in [5.74, 6) is 3.27. The van der Waals surface area contributed by atoms with Gasteiger partial charge in [0.2, 0.25) is 5.88 Å². The number of nitrogens with one attached hydrogen (secondary N) is 1. The van der Waals surface area contributed by atoms with Gasteiger partial charge in [-0.3, -0.25) is 4.90 Å². The number of alkyl halides is 1. The lowest BCUT2D eigenvalue weighted by molar-refractivity contribution is 0.107. The largest absolute Gasteiger partial charge is 0.543 e. The van der Waals surface area contributed by atoms with Crippen molar-refractivity contribution in [1.82, 2.24) is 19.9 Å². The van der Waals surface area contributed by atoms with Crippen molar-refractivity contribution in [3.63, 3.8) is 0 Å². The van der Waals surface area contributed by atoms with Gasteiger partial charge >= 0.3 is 6.01 Å². The highest BCUT2D eigenvalue weighted by atomic mass is 28.4. The molecule has 4 aromatic rings. The first kappa shape index (κ1) is 44.2. The number of anilines is 1. The van der Waals surface area contributed by atoms with Crippen LogP contribution in [0.1, 0.15) is 108 Å². The van der Waals surface area contributed by atoms with Crippen LogP contribution in [0, 0.1) is 23.1 Å². The topological polar surface area (TPSA) is 81.6 Å². The molecule has 5 heterocycles. The average Bonchev–Trinajstić information content (AvgIpc) is 3.62. The zero-order chi connectivity index (χ0) is 43.5. The number of ether oxygens (including phenoxy) is 2. The number of halogens is 3. The normalized spacial score (nSPS) is 19.7. The Labute approximate surface area is 356 Å². The number of pyridine rings is 1. The van der Waals surface area contributed by atoms with E-state index in [1.54, 1.807) is 6.07 Å². The third-order valence-electron chi connectivity index (χ3n) is 14.2. The van der Waals surface area contributed by atoms with Crippen LogP contribution in [0.4, 0.5) is 19.0 Å². The molecule has 0 saturated carbocycles. The molecule has 0 radical (unpaired) electrons. The Morgan fingerprint density at radius 2 is 1.58 bits per heavy atom. The molecule has 2 aromatic heterocycles. The number of benzene rings is 2. The minimum atomic E-state index is -2.51. The van der Waals surface area contributed by atoms with Crippen molar-refractivity contribution in [3.05, 3.63) is 41.5 Å². The molecule has 60 heavy (non-hydrogen) atoms. The zero-order valence-electron chi connectivity index (χ0n) is 37.7. The molecule has 0 unspecified atom stereocenters. The first-order valence-electron chi connectivity index (χ1n) is 22.1. The first-order chi connectivity index (χ1) is 28.4. The number of hydrogen-bond acceptors (Lipinski definition) is 8. The SMILES string of the molecule is CC(C)[Si](C#Cc1c(F)ccc2cc(O[Si](C(C)C)(C(C)C)C(C)C)cc(-c3nc4c5c(nc(OC[C@@]67CCCN6C[C@H](F)C7)nc5c3F)NCCO4)c12)(C(C)C)C(C)C. The highest BCUT2D eigenvalue weighted by Gasteiger charge is 2.50. The van der Waals surface area contributed by atoms with Crippen molar-refractivity contribution in [1.29, 1.82) is 0 Å². The molecule has 324 valence electrons. The summed E-state index contributed by atoms with van der Waals surface area (Å²) < 4.78 is 68.8. The van der Waals surface area contributed by atoms with E-state index in [0.29, 0.717) is 69.4 Å². The molecule has 2 atom stereocenters. The zero-order valence-corrected chi connectivity index (χ0v) is 39.7. The van der Waals surface area contributed by atoms with E-state index in [1.165, 1.54) is 6.07 Å². The number of rotatable bonds is 12. The molecular weight excluding hydrogens is 796 g/mol. The summed E-state index contributed by atoms with van der Waals surface area (Å²) in [4.78, 5) is 16.4. The lowest BCUT2D eigenvalue weighted by Crippen LogP contribution is -2.50. The molecule has 0 spiro atoms. The number of fused-ring (bicyclic) bond motifs is 2. The fraction of sp³-hybridized carbons (Fsp3) is 0.596. The summed E-state index contributed by atoms with van der Waals surface area (Å²) in [6, 6.07) is 6.94. The van der Waals surface area contributed by atoms with E-state index < -0.39 is 39.7 Å². The molecule has 3 aliphatic heterocycles. The van der Waals surface area contributed by atoms with Crippen molar-refractivity contribution in [2.45, 2.75) is 147 Å². The molecule has 3 aliphatic rings. The average molecular weight is 860 g/mol. The first-order valence-corrected chi connectivity index (χ1v) is 26.5. The van der Waals surface area contributed by atoms with Crippen LogP contribution in [0.2, 0.25) is 33.2 Å². The third-order valence-corrected chi connectivity index (χ3v) is 26.5. The van der Waals surface area contributed by atoms with E-state index in [2.05, 4.69) is 110 Å². The van der Waals surface area contributed by atoms with Crippen molar-refractivity contribution < 1.29 is 27.1 Å². The molecule has 2 fully saturated rings. The lowest BCUT2D eigenvalue weighted by Gasteiger charge is -2.42. The fourth-order valence-electron chi connectivity index (χ4n) is 11.5. The van der Waals surface area contributed by atoms with Gasteiger partial charge in [-0.2, -0.15) is 9.97 Å². The molecule has 7 rings (SSSR count). The van der Waals surface area contributed by atoms with E-state index in [0.717, 1.165) is 19.4 Å². The summed E-state index contributed by atoms with van der Waals surface area (Å²) in [5, 5.41) is 4.67. The maximum Gasteiger partial charge on any atom is 0.319 e. The smallest absolute Gasteiger partial charge is 0.319 e. The molecule has 0 amide bonds. The summed E-state index contributed by atoms with van der Waals surface area (Å²) in [5.41, 5.74) is 5.49. The van der Waals surface area contributed by atoms with Crippen LogP contribution in [-0.4, -0.2) is 80.8 Å². The van der Waals surface area contributed by atoms with Crippen LogP contribution in [0.15, 0.2) is 24.3 Å². The van der Waals surface area contributed by atoms with Gasteiger partial charge in [-0.05, 0) is 76.2 Å². The maximum atomic E-state index is 17.8. The van der Waals surface area contributed by atoms with Crippen molar-refractivity contribution in [2.75, 3.05) is 38.2 Å². The van der Waals surface area contributed by atoms with E-state index in [1.807, 2.05) is 12.1 Å². The van der Waals surface area contributed by atoms with Gasteiger partial charge in [0.1, 0.15) is 61.4 Å². The number of aromatic nitrogens is 3. The number of nitrogens with zero attached hydrogens (tertiary/aromatic N) is 4. The van der Waals surface area contributed by atoms with Crippen molar-refractivity contribution >= 4 is 43.9 Å². The van der Waals surface area contributed by atoms with Crippen LogP contribution in [0.25, 0.3) is 32.9 Å². The predicted octanol–water partition coefficient (Wildman–Crippen LogP) is 12.0. The Morgan fingerprint density at radius 1 is 0.900 bits per heavy atom. The van der Waals surface area contributed by atoms with Gasteiger partial charge < -0.3 is 19.2 Å². The van der Waals surface area contributed by atoms with Gasteiger partial charge in [-0.25, -0.2) is 18.2 Å². The van der Waals surface area contributed by atoms with Gasteiger partial charge in [0.05, 0.1) is 17.6 Å². The van der Waals surface area contributed by atoms with Crippen LogP contribution in [0.3, 0.4) is 0 Å². The fourth-order valence-corrected chi connectivity index (χ4v) is 21.9. The predicted molar refractivity (Wildman–Crippen MR) is 242 cm³/mol. The summed E-state index contributed by atoms with van der Waals surface area (Å²) in [6.07, 6.45) is 1.22. The molecule has 2 aromatic carbocycles. The van der Waals surface area contributed by atoms with Gasteiger partial charge in [-0.1, -0.05) is 95.1 Å². The highest BCUT2D eigenvalue weighted by molar-refractivity contribution is 6.90. The molecule has 8 nitrogen and oxygen atoms in total. The van der Waals surface area contributed by atoms with E-state index >= 15 is 8.78 Å². The van der Waals surface area contributed by atoms with Gasteiger partial charge in [0.15, 0.2) is 5.82 Å². The second kappa shape index (κ2) is 16.8. The van der Waals surface area contributed by atoms with Crippen molar-refractivity contribution in [3.8, 4) is 40.4 Å². The Morgan fingerprint density at radius 3 is 2.23 bits per heavy atom. The highest BCUT2D eigenvalue weighted by Crippen LogP contribution is 2.47. The Balaban J connectivity index is 1.49. The standard InChI is InChI=1S/C47H64F3N5O3Si2/c1-27(2)59(28(3)4,29(5)6)21-16-36-38(49)15-14-33-22-35(58-60(30(7)8,31(9)10)32(11)12)23-37(39(33)36)42-41(50)43-40-44(51-18-20-56-45(40)52-42)54-46(53-43)57-26-47-17-13-19-55(47)25-34(48)24-47/h14-15,22-23,27-32,34H,13,17-20,24-26H2,1-12H3,(H,51,53,54)/t34-,47+/m1/s1. The minimum absolute atomic E-state index is 0.0177. The monoisotopic (exact) mass is 859 g/mol. The van der Waals surface area contributed by atoms with E-state index in [4.69, 9.17) is 23.9 Å². The summed E-state index contributed by atoms with van der Waals surface area (Å²) in [6.45, 7) is 28.7. The van der Waals surface area contributed by atoms with Crippen LogP contribution in [0.5, 0.6) is 17.6 Å². The summed E-state index contributed by atoms with van der Waals surface area (Å²) >= 11 is 0. The molecular formula is C47H64F3N5O3Si2.